The second kappa shape index (κ2) is 2.96. The van der Waals surface area contributed by atoms with Crippen molar-refractivity contribution in [1.29, 1.82) is 0 Å². The first-order valence-electron chi connectivity index (χ1n) is 4.10. The van der Waals surface area contributed by atoms with Gasteiger partial charge in [-0.3, -0.25) is 4.55 Å². The Morgan fingerprint density at radius 2 is 1.92 bits per heavy atom. The molecule has 74 valence electrons. The summed E-state index contributed by atoms with van der Waals surface area (Å²) >= 11 is 0. The Hall–Kier alpha value is -0.610. The summed E-state index contributed by atoms with van der Waals surface area (Å²) in [6.45, 7) is 5.76. The van der Waals surface area contributed by atoms with Crippen LogP contribution in [0.1, 0.15) is 27.2 Å². The number of hydrogen-bond acceptors (Lipinski definition) is 2. The first-order valence-corrected chi connectivity index (χ1v) is 5.54. The monoisotopic (exact) mass is 202 g/mol. The van der Waals surface area contributed by atoms with Gasteiger partial charge in [0.25, 0.3) is 10.1 Å². The summed E-state index contributed by atoms with van der Waals surface area (Å²) in [6.07, 6.45) is 3.83. The molecule has 0 saturated carbocycles. The van der Waals surface area contributed by atoms with Gasteiger partial charge in [-0.1, -0.05) is 32.9 Å². The molecule has 4 heteroatoms. The summed E-state index contributed by atoms with van der Waals surface area (Å²) in [5, 5.41) is 0. The van der Waals surface area contributed by atoms with Gasteiger partial charge in [-0.05, 0) is 11.0 Å². The maximum Gasteiger partial charge on any atom is 0.291 e. The lowest BCUT2D eigenvalue weighted by atomic mass is 9.87. The summed E-state index contributed by atoms with van der Waals surface area (Å²) < 4.78 is 30.8. The highest BCUT2D eigenvalue weighted by atomic mass is 32.2. The average molecular weight is 202 g/mol. The van der Waals surface area contributed by atoms with Gasteiger partial charge in [-0.25, -0.2) is 0 Å². The molecule has 0 saturated heterocycles. The summed E-state index contributed by atoms with van der Waals surface area (Å²) in [6, 6.07) is 0. The minimum absolute atomic E-state index is 0.139. The highest BCUT2D eigenvalue weighted by molar-refractivity contribution is 7.89. The summed E-state index contributed by atoms with van der Waals surface area (Å²) in [4.78, 5) is 0.139. The summed E-state index contributed by atoms with van der Waals surface area (Å²) in [5.74, 6) is 0. The largest absolute Gasteiger partial charge is 0.291 e. The van der Waals surface area contributed by atoms with E-state index in [9.17, 15) is 8.42 Å². The van der Waals surface area contributed by atoms with Crippen molar-refractivity contribution in [2.75, 3.05) is 0 Å². The number of rotatable bonds is 1. The normalized spacial score (nSPS) is 18.5. The third-order valence-corrected chi connectivity index (χ3v) is 3.02. The molecule has 0 radical (unpaired) electrons. The van der Waals surface area contributed by atoms with E-state index in [0.717, 1.165) is 0 Å². The Bertz CT molecular complexity index is 366. The molecule has 0 unspecified atom stereocenters. The Morgan fingerprint density at radius 3 is 2.23 bits per heavy atom. The van der Waals surface area contributed by atoms with Crippen LogP contribution >= 0.6 is 0 Å². The number of allylic oxidation sites excluding steroid dienone is 4. The Morgan fingerprint density at radius 1 is 1.38 bits per heavy atom. The fraction of sp³-hybridized carbons (Fsp3) is 0.556. The van der Waals surface area contributed by atoms with Gasteiger partial charge in [0.05, 0.1) is 4.91 Å². The van der Waals surface area contributed by atoms with Crippen molar-refractivity contribution in [3.63, 3.8) is 0 Å². The van der Waals surface area contributed by atoms with Gasteiger partial charge in [0.1, 0.15) is 0 Å². The zero-order chi connectivity index (χ0) is 10.3. The van der Waals surface area contributed by atoms with Crippen molar-refractivity contribution in [2.24, 2.45) is 5.41 Å². The first-order chi connectivity index (χ1) is 5.73. The maximum atomic E-state index is 10.9. The van der Waals surface area contributed by atoms with Gasteiger partial charge in [0.2, 0.25) is 0 Å². The Kier molecular flexibility index (Phi) is 2.38. The van der Waals surface area contributed by atoms with Crippen LogP contribution in [0, 0.1) is 5.41 Å². The van der Waals surface area contributed by atoms with Crippen LogP contribution in [0.4, 0.5) is 0 Å². The third-order valence-electron chi connectivity index (χ3n) is 2.01. The van der Waals surface area contributed by atoms with E-state index in [-0.39, 0.29) is 10.3 Å². The molecule has 0 aliphatic heterocycles. The van der Waals surface area contributed by atoms with E-state index < -0.39 is 10.1 Å². The molecule has 13 heavy (non-hydrogen) atoms. The molecule has 1 aliphatic rings. The van der Waals surface area contributed by atoms with Crippen LogP contribution in [-0.4, -0.2) is 13.0 Å². The molecule has 0 bridgehead atoms. The molecule has 0 aromatic rings. The minimum atomic E-state index is -4.02. The summed E-state index contributed by atoms with van der Waals surface area (Å²) in [5.41, 5.74) is 0.466. The van der Waals surface area contributed by atoms with Gasteiger partial charge in [0.15, 0.2) is 0 Å². The van der Waals surface area contributed by atoms with E-state index in [1.807, 2.05) is 20.8 Å². The quantitative estimate of drug-likeness (QED) is 0.663. The highest BCUT2D eigenvalue weighted by Crippen LogP contribution is 2.36. The van der Waals surface area contributed by atoms with Gasteiger partial charge in [-0.2, -0.15) is 8.42 Å². The molecule has 0 heterocycles. The van der Waals surface area contributed by atoms with Crippen LogP contribution < -0.4 is 0 Å². The average Bonchev–Trinajstić information content (AvgIpc) is 2.27. The summed E-state index contributed by atoms with van der Waals surface area (Å²) in [7, 11) is -4.02. The second-order valence-corrected chi connectivity index (χ2v) is 5.61. The van der Waals surface area contributed by atoms with E-state index >= 15 is 0 Å². The molecule has 1 N–H and O–H groups in total. The second-order valence-electron chi connectivity index (χ2n) is 4.17. The predicted octanol–water partition coefficient (Wildman–Crippen LogP) is 2.13. The van der Waals surface area contributed by atoms with Crippen LogP contribution in [0.15, 0.2) is 22.6 Å². The molecular weight excluding hydrogens is 188 g/mol. The van der Waals surface area contributed by atoms with E-state index in [0.29, 0.717) is 12.0 Å². The van der Waals surface area contributed by atoms with E-state index in [1.54, 1.807) is 12.2 Å². The Balaban J connectivity index is 3.26. The van der Waals surface area contributed by atoms with Crippen molar-refractivity contribution >= 4 is 10.1 Å². The fourth-order valence-corrected chi connectivity index (χ4v) is 2.36. The lowest BCUT2D eigenvalue weighted by molar-refractivity contribution is 0.482. The zero-order valence-electron chi connectivity index (χ0n) is 8.03. The van der Waals surface area contributed by atoms with E-state index in [2.05, 4.69) is 0 Å². The molecule has 0 amide bonds. The lowest BCUT2D eigenvalue weighted by Crippen LogP contribution is -2.12. The van der Waals surface area contributed by atoms with E-state index in [1.165, 1.54) is 0 Å². The molecule has 0 atom stereocenters. The van der Waals surface area contributed by atoms with Crippen LogP contribution in [0.5, 0.6) is 0 Å². The van der Waals surface area contributed by atoms with Crippen molar-refractivity contribution in [1.82, 2.24) is 0 Å². The topological polar surface area (TPSA) is 54.4 Å². The van der Waals surface area contributed by atoms with Crippen molar-refractivity contribution in [2.45, 2.75) is 27.2 Å². The van der Waals surface area contributed by atoms with Crippen LogP contribution in [-0.2, 0) is 10.1 Å². The van der Waals surface area contributed by atoms with Crippen molar-refractivity contribution < 1.29 is 13.0 Å². The Labute approximate surface area is 78.9 Å². The molecule has 1 aliphatic carbocycles. The van der Waals surface area contributed by atoms with Crippen LogP contribution in [0.2, 0.25) is 0 Å². The molecule has 0 spiro atoms. The lowest BCUT2D eigenvalue weighted by Gasteiger charge is -2.20. The predicted molar refractivity (Wildman–Crippen MR) is 51.8 cm³/mol. The first kappa shape index (κ1) is 10.5. The molecule has 3 nitrogen and oxygen atoms in total. The van der Waals surface area contributed by atoms with Gasteiger partial charge in [-0.15, -0.1) is 0 Å². The standard InChI is InChI=1S/C9H14O3S/c1-9(2,3)7-5-4-6-8(7)13(10,11)12/h4-5H,6H2,1-3H3,(H,10,11,12). The molecule has 0 fully saturated rings. The van der Waals surface area contributed by atoms with E-state index in [4.69, 9.17) is 4.55 Å². The molecular formula is C9H14O3S. The van der Waals surface area contributed by atoms with Crippen LogP contribution in [0.3, 0.4) is 0 Å². The zero-order valence-corrected chi connectivity index (χ0v) is 8.85. The number of hydrogen-bond donors (Lipinski definition) is 1. The minimum Gasteiger partial charge on any atom is -0.282 e. The van der Waals surface area contributed by atoms with Crippen molar-refractivity contribution in [3.8, 4) is 0 Å². The van der Waals surface area contributed by atoms with Crippen LogP contribution in [0.25, 0.3) is 0 Å². The highest BCUT2D eigenvalue weighted by Gasteiger charge is 2.27. The SMILES string of the molecule is CC(C)(C)C1=C(S(=O)(=O)O)CC=C1. The third kappa shape index (κ3) is 2.19. The maximum absolute atomic E-state index is 10.9. The smallest absolute Gasteiger partial charge is 0.282 e. The van der Waals surface area contributed by atoms with Gasteiger partial charge < -0.3 is 0 Å². The molecule has 0 aromatic heterocycles. The van der Waals surface area contributed by atoms with Gasteiger partial charge >= 0.3 is 0 Å². The van der Waals surface area contributed by atoms with Crippen molar-refractivity contribution in [3.05, 3.63) is 22.6 Å². The fourth-order valence-electron chi connectivity index (χ4n) is 1.40. The van der Waals surface area contributed by atoms with Gasteiger partial charge in [0, 0.05) is 6.42 Å². The molecule has 0 aromatic carbocycles. The molecule has 1 rings (SSSR count).